The lowest BCUT2D eigenvalue weighted by atomic mass is 10.2. The summed E-state index contributed by atoms with van der Waals surface area (Å²) in [6.45, 7) is 0.721. The van der Waals surface area contributed by atoms with Gasteiger partial charge in [0.15, 0.2) is 0 Å². The smallest absolute Gasteiger partial charge is 0.137 e. The van der Waals surface area contributed by atoms with Gasteiger partial charge in [0.05, 0.1) is 10.5 Å². The highest BCUT2D eigenvalue weighted by atomic mass is 35.5. The molecule has 0 aliphatic carbocycles. The molecule has 4 heteroatoms. The second-order valence-corrected chi connectivity index (χ2v) is 5.11. The van der Waals surface area contributed by atoms with Crippen LogP contribution in [0.3, 0.4) is 0 Å². The molecule has 1 heterocycles. The molecule has 2 aromatic carbocycles. The van der Waals surface area contributed by atoms with Gasteiger partial charge in [0.25, 0.3) is 0 Å². The van der Waals surface area contributed by atoms with Crippen molar-refractivity contribution in [2.24, 2.45) is 0 Å². The van der Waals surface area contributed by atoms with Crippen LogP contribution in [0.1, 0.15) is 12.0 Å². The van der Waals surface area contributed by atoms with Crippen molar-refractivity contribution in [1.82, 2.24) is 9.97 Å². The van der Waals surface area contributed by atoms with Crippen LogP contribution in [0.5, 0.6) is 0 Å². The first-order valence-electron chi connectivity index (χ1n) is 7.01. The average Bonchev–Trinajstić information content (AvgIpc) is 2.56. The number of fused-ring (bicyclic) bond motifs is 1. The molecule has 0 bridgehead atoms. The molecule has 1 N–H and O–H groups in total. The van der Waals surface area contributed by atoms with Gasteiger partial charge >= 0.3 is 0 Å². The topological polar surface area (TPSA) is 37.8 Å². The van der Waals surface area contributed by atoms with Crippen molar-refractivity contribution in [3.05, 3.63) is 65.4 Å². The Morgan fingerprint density at radius 3 is 2.73 bits per heavy atom. The Labute approximate surface area is 134 Å². The first-order valence-corrected chi connectivity index (χ1v) is 7.39. The molecule has 0 saturated carbocycles. The predicted octanol–water partition coefficient (Wildman–Crippen LogP) is 4.14. The van der Waals surface area contributed by atoms with Gasteiger partial charge in [-0.2, -0.15) is 0 Å². The molecule has 0 saturated heterocycles. The zero-order valence-electron chi connectivity index (χ0n) is 11.9. The first-order chi connectivity index (χ1) is 10.8. The van der Waals surface area contributed by atoms with E-state index in [1.54, 1.807) is 6.33 Å². The lowest BCUT2D eigenvalue weighted by molar-refractivity contribution is 1.07. The number of benzene rings is 2. The van der Waals surface area contributed by atoms with E-state index in [9.17, 15) is 0 Å². The molecule has 3 rings (SSSR count). The standard InChI is InChI=1S/C18H14ClN3/c19-16-10-3-1-7-14(16)8-5-6-12-20-18-15-9-2-4-11-17(15)21-13-22-18/h1-4,7,9-11,13H,6,12H2,(H,20,21,22). The van der Waals surface area contributed by atoms with Crippen LogP contribution in [0.25, 0.3) is 10.9 Å². The van der Waals surface area contributed by atoms with Crippen LogP contribution in [0, 0.1) is 11.8 Å². The minimum absolute atomic E-state index is 0.685. The van der Waals surface area contributed by atoms with Crippen LogP contribution in [-0.4, -0.2) is 16.5 Å². The summed E-state index contributed by atoms with van der Waals surface area (Å²) in [5, 5.41) is 5.00. The number of aromatic nitrogens is 2. The number of nitrogens with one attached hydrogen (secondary N) is 1. The van der Waals surface area contributed by atoms with E-state index in [0.717, 1.165) is 28.8 Å². The highest BCUT2D eigenvalue weighted by Crippen LogP contribution is 2.18. The van der Waals surface area contributed by atoms with E-state index < -0.39 is 0 Å². The Morgan fingerprint density at radius 2 is 1.82 bits per heavy atom. The Morgan fingerprint density at radius 1 is 1.00 bits per heavy atom. The van der Waals surface area contributed by atoms with Crippen molar-refractivity contribution in [3.63, 3.8) is 0 Å². The number of hydrogen-bond acceptors (Lipinski definition) is 3. The molecule has 0 amide bonds. The number of hydrogen-bond donors (Lipinski definition) is 1. The average molecular weight is 308 g/mol. The molecule has 22 heavy (non-hydrogen) atoms. The molecular weight excluding hydrogens is 294 g/mol. The molecule has 0 aliphatic rings. The van der Waals surface area contributed by atoms with Crippen molar-refractivity contribution in [1.29, 1.82) is 0 Å². The largest absolute Gasteiger partial charge is 0.368 e. The van der Waals surface area contributed by atoms with Crippen molar-refractivity contribution in [2.75, 3.05) is 11.9 Å². The van der Waals surface area contributed by atoms with Crippen LogP contribution in [-0.2, 0) is 0 Å². The molecule has 0 spiro atoms. The van der Waals surface area contributed by atoms with Crippen molar-refractivity contribution in [2.45, 2.75) is 6.42 Å². The van der Waals surface area contributed by atoms with Gasteiger partial charge in [0.2, 0.25) is 0 Å². The van der Waals surface area contributed by atoms with Crippen LogP contribution >= 0.6 is 11.6 Å². The Balaban J connectivity index is 1.63. The lowest BCUT2D eigenvalue weighted by Crippen LogP contribution is -2.03. The van der Waals surface area contributed by atoms with Crippen LogP contribution in [0.15, 0.2) is 54.9 Å². The lowest BCUT2D eigenvalue weighted by Gasteiger charge is -2.06. The number of anilines is 1. The molecule has 108 valence electrons. The minimum Gasteiger partial charge on any atom is -0.368 e. The van der Waals surface area contributed by atoms with Gasteiger partial charge < -0.3 is 5.32 Å². The molecule has 0 atom stereocenters. The second-order valence-electron chi connectivity index (χ2n) is 4.70. The fourth-order valence-electron chi connectivity index (χ4n) is 2.11. The van der Waals surface area contributed by atoms with E-state index in [-0.39, 0.29) is 0 Å². The maximum Gasteiger partial charge on any atom is 0.137 e. The van der Waals surface area contributed by atoms with E-state index in [2.05, 4.69) is 27.1 Å². The van der Waals surface area contributed by atoms with Gasteiger partial charge in [0.1, 0.15) is 12.1 Å². The van der Waals surface area contributed by atoms with Gasteiger partial charge in [-0.15, -0.1) is 0 Å². The van der Waals surface area contributed by atoms with Crippen molar-refractivity contribution >= 4 is 28.3 Å². The van der Waals surface area contributed by atoms with E-state index in [1.807, 2.05) is 48.5 Å². The van der Waals surface area contributed by atoms with Crippen molar-refractivity contribution < 1.29 is 0 Å². The summed E-state index contributed by atoms with van der Waals surface area (Å²) >= 11 is 6.06. The Bertz CT molecular complexity index is 844. The van der Waals surface area contributed by atoms with Gasteiger partial charge in [-0.05, 0) is 24.3 Å². The third kappa shape index (κ3) is 3.36. The van der Waals surface area contributed by atoms with Gasteiger partial charge in [0, 0.05) is 23.9 Å². The molecule has 1 aromatic heterocycles. The highest BCUT2D eigenvalue weighted by Gasteiger charge is 2.00. The maximum absolute atomic E-state index is 6.06. The molecule has 0 fully saturated rings. The van der Waals surface area contributed by atoms with Crippen molar-refractivity contribution in [3.8, 4) is 11.8 Å². The molecule has 3 aromatic rings. The van der Waals surface area contributed by atoms with E-state index >= 15 is 0 Å². The number of nitrogens with zero attached hydrogens (tertiary/aromatic N) is 2. The van der Waals surface area contributed by atoms with E-state index in [4.69, 9.17) is 11.6 Å². The van der Waals surface area contributed by atoms with Gasteiger partial charge in [-0.3, -0.25) is 0 Å². The molecule has 0 aliphatic heterocycles. The number of rotatable bonds is 3. The normalized spacial score (nSPS) is 10.0. The Kier molecular flexibility index (Phi) is 4.53. The molecule has 3 nitrogen and oxygen atoms in total. The van der Waals surface area contributed by atoms with Crippen LogP contribution < -0.4 is 5.32 Å². The second kappa shape index (κ2) is 6.93. The number of halogens is 1. The quantitative estimate of drug-likeness (QED) is 0.584. The summed E-state index contributed by atoms with van der Waals surface area (Å²) in [7, 11) is 0. The summed E-state index contributed by atoms with van der Waals surface area (Å²) in [5.74, 6) is 7.04. The first kappa shape index (κ1) is 14.4. The van der Waals surface area contributed by atoms with Crippen LogP contribution in [0.2, 0.25) is 5.02 Å². The van der Waals surface area contributed by atoms with Crippen LogP contribution in [0.4, 0.5) is 5.82 Å². The summed E-state index contributed by atoms with van der Waals surface area (Å²) in [6.07, 6.45) is 2.28. The van der Waals surface area contributed by atoms with Gasteiger partial charge in [-0.25, -0.2) is 9.97 Å². The fourth-order valence-corrected chi connectivity index (χ4v) is 2.29. The third-order valence-electron chi connectivity index (χ3n) is 3.18. The van der Waals surface area contributed by atoms with E-state index in [1.165, 1.54) is 0 Å². The fraction of sp³-hybridized carbons (Fsp3) is 0.111. The highest BCUT2D eigenvalue weighted by molar-refractivity contribution is 6.31. The number of para-hydroxylation sites is 1. The van der Waals surface area contributed by atoms with Gasteiger partial charge in [-0.1, -0.05) is 47.7 Å². The maximum atomic E-state index is 6.06. The third-order valence-corrected chi connectivity index (χ3v) is 3.51. The molecule has 0 radical (unpaired) electrons. The van der Waals surface area contributed by atoms with E-state index in [0.29, 0.717) is 11.4 Å². The Hall–Kier alpha value is -2.57. The zero-order valence-corrected chi connectivity index (χ0v) is 12.6. The summed E-state index contributed by atoms with van der Waals surface area (Å²) in [5.41, 5.74) is 1.79. The monoisotopic (exact) mass is 307 g/mol. The molecule has 0 unspecified atom stereocenters. The SMILES string of the molecule is Clc1ccccc1C#CCCNc1ncnc2ccccc12. The summed E-state index contributed by atoms with van der Waals surface area (Å²) in [6, 6.07) is 15.5. The zero-order chi connectivity index (χ0) is 15.2. The summed E-state index contributed by atoms with van der Waals surface area (Å²) < 4.78 is 0. The predicted molar refractivity (Wildman–Crippen MR) is 91.0 cm³/mol. The minimum atomic E-state index is 0.685. The molecular formula is C18H14ClN3. The summed E-state index contributed by atoms with van der Waals surface area (Å²) in [4.78, 5) is 8.53.